The number of hydrogen-bond acceptors (Lipinski definition) is 6. The van der Waals surface area contributed by atoms with E-state index in [0.29, 0.717) is 17.0 Å². The van der Waals surface area contributed by atoms with Crippen LogP contribution in [0.15, 0.2) is 60.7 Å². The number of nitrogens with zero attached hydrogens (tertiary/aromatic N) is 1. The Morgan fingerprint density at radius 1 is 1.06 bits per heavy atom. The zero-order valence-electron chi connectivity index (χ0n) is 18.2. The molecule has 0 bridgehead atoms. The molecule has 7 nitrogen and oxygen atoms in total. The quantitative estimate of drug-likeness (QED) is 0.438. The number of ether oxygens (including phenoxy) is 2. The van der Waals surface area contributed by atoms with Crippen molar-refractivity contribution < 1.29 is 37.8 Å². The van der Waals surface area contributed by atoms with Crippen molar-refractivity contribution in [3.8, 4) is 5.75 Å². The molecule has 0 radical (unpaired) electrons. The number of rotatable bonds is 7. The minimum Gasteiger partial charge on any atom is -0.482 e. The van der Waals surface area contributed by atoms with Crippen LogP contribution in [0.25, 0.3) is 0 Å². The minimum atomic E-state index is -1.16. The SMILES string of the molecule is O=C(O)COc1ccc(Cl)cc1C1c2ccccc2CCN1OC(=O)OCc1cccc(F)c1F. The lowest BCUT2D eigenvalue weighted by molar-refractivity contribution is -0.152. The highest BCUT2D eigenvalue weighted by molar-refractivity contribution is 6.30. The number of carboxylic acids is 1. The maximum Gasteiger partial charge on any atom is 0.528 e. The van der Waals surface area contributed by atoms with Gasteiger partial charge in [0.1, 0.15) is 12.4 Å². The van der Waals surface area contributed by atoms with Gasteiger partial charge in [0, 0.05) is 22.7 Å². The number of fused-ring (bicyclic) bond motifs is 1. The number of hydrogen-bond donors (Lipinski definition) is 1. The first-order valence-electron chi connectivity index (χ1n) is 10.6. The zero-order chi connectivity index (χ0) is 24.9. The molecule has 1 aliphatic heterocycles. The fourth-order valence-electron chi connectivity index (χ4n) is 3.89. The molecule has 10 heteroatoms. The third-order valence-corrected chi connectivity index (χ3v) is 5.66. The monoisotopic (exact) mass is 503 g/mol. The molecule has 0 aliphatic carbocycles. The van der Waals surface area contributed by atoms with E-state index in [1.165, 1.54) is 17.2 Å². The van der Waals surface area contributed by atoms with Crippen molar-refractivity contribution in [2.45, 2.75) is 19.1 Å². The van der Waals surface area contributed by atoms with Crippen molar-refractivity contribution in [2.24, 2.45) is 0 Å². The molecule has 3 aromatic rings. The van der Waals surface area contributed by atoms with Crippen LogP contribution in [0.5, 0.6) is 5.75 Å². The Morgan fingerprint density at radius 2 is 1.86 bits per heavy atom. The Labute approximate surface area is 204 Å². The number of hydroxylamine groups is 2. The molecule has 0 spiro atoms. The molecule has 182 valence electrons. The van der Waals surface area contributed by atoms with Gasteiger partial charge in [-0.3, -0.25) is 0 Å². The van der Waals surface area contributed by atoms with E-state index in [9.17, 15) is 18.4 Å². The largest absolute Gasteiger partial charge is 0.528 e. The van der Waals surface area contributed by atoms with Crippen LogP contribution in [0.1, 0.15) is 28.3 Å². The summed E-state index contributed by atoms with van der Waals surface area (Å²) in [7, 11) is 0. The van der Waals surface area contributed by atoms with Crippen molar-refractivity contribution in [3.63, 3.8) is 0 Å². The van der Waals surface area contributed by atoms with Crippen LogP contribution >= 0.6 is 11.6 Å². The highest BCUT2D eigenvalue weighted by atomic mass is 35.5. The van der Waals surface area contributed by atoms with Crippen LogP contribution in [0.2, 0.25) is 5.02 Å². The molecular formula is C25H20ClF2NO6. The second-order valence-electron chi connectivity index (χ2n) is 7.70. The van der Waals surface area contributed by atoms with Crippen molar-refractivity contribution in [1.29, 1.82) is 0 Å². The predicted octanol–water partition coefficient (Wildman–Crippen LogP) is 5.30. The number of aliphatic carboxylic acids is 1. The predicted molar refractivity (Wildman–Crippen MR) is 121 cm³/mol. The van der Waals surface area contributed by atoms with Crippen LogP contribution < -0.4 is 4.74 Å². The molecule has 0 saturated carbocycles. The molecule has 1 aliphatic rings. The van der Waals surface area contributed by atoms with Gasteiger partial charge in [-0.05, 0) is 41.8 Å². The summed E-state index contributed by atoms with van der Waals surface area (Å²) in [5.74, 6) is -3.07. The van der Waals surface area contributed by atoms with Crippen LogP contribution in [-0.2, 0) is 27.4 Å². The summed E-state index contributed by atoms with van der Waals surface area (Å²) < 4.78 is 37.8. The van der Waals surface area contributed by atoms with Gasteiger partial charge in [0.15, 0.2) is 18.2 Å². The second kappa shape index (κ2) is 10.7. The lowest BCUT2D eigenvalue weighted by Gasteiger charge is -2.36. The van der Waals surface area contributed by atoms with Crippen molar-refractivity contribution >= 4 is 23.7 Å². The van der Waals surface area contributed by atoms with E-state index >= 15 is 0 Å². The first-order valence-corrected chi connectivity index (χ1v) is 11.0. The molecule has 0 saturated heterocycles. The maximum absolute atomic E-state index is 13.9. The Balaban J connectivity index is 1.61. The van der Waals surface area contributed by atoms with Crippen LogP contribution in [-0.4, -0.2) is 35.4 Å². The maximum atomic E-state index is 13.9. The molecule has 4 rings (SSSR count). The zero-order valence-corrected chi connectivity index (χ0v) is 19.0. The lowest BCUT2D eigenvalue weighted by Crippen LogP contribution is -2.38. The summed E-state index contributed by atoms with van der Waals surface area (Å²) in [4.78, 5) is 29.0. The molecule has 1 atom stereocenters. The van der Waals surface area contributed by atoms with Gasteiger partial charge in [-0.2, -0.15) is 0 Å². The smallest absolute Gasteiger partial charge is 0.482 e. The first-order chi connectivity index (χ1) is 16.8. The van der Waals surface area contributed by atoms with E-state index in [2.05, 4.69) is 0 Å². The van der Waals surface area contributed by atoms with Crippen molar-refractivity contribution in [3.05, 3.63) is 99.6 Å². The second-order valence-corrected chi connectivity index (χ2v) is 8.14. The van der Waals surface area contributed by atoms with Gasteiger partial charge in [0.2, 0.25) is 0 Å². The average Bonchev–Trinajstić information content (AvgIpc) is 2.84. The van der Waals surface area contributed by atoms with E-state index < -0.39 is 43.0 Å². The van der Waals surface area contributed by atoms with E-state index in [-0.39, 0.29) is 17.9 Å². The van der Waals surface area contributed by atoms with Gasteiger partial charge in [-0.15, -0.1) is 5.06 Å². The van der Waals surface area contributed by atoms with Crippen molar-refractivity contribution in [1.82, 2.24) is 5.06 Å². The summed E-state index contributed by atoms with van der Waals surface area (Å²) >= 11 is 6.24. The lowest BCUT2D eigenvalue weighted by atomic mass is 9.89. The van der Waals surface area contributed by atoms with Crippen LogP contribution in [0.3, 0.4) is 0 Å². The van der Waals surface area contributed by atoms with Gasteiger partial charge in [-0.25, -0.2) is 18.4 Å². The molecule has 0 amide bonds. The number of carbonyl (C=O) groups is 2. The third kappa shape index (κ3) is 5.70. The molecule has 1 unspecified atom stereocenters. The fraction of sp³-hybridized carbons (Fsp3) is 0.200. The highest BCUT2D eigenvalue weighted by Gasteiger charge is 2.34. The van der Waals surface area contributed by atoms with E-state index in [4.69, 9.17) is 31.0 Å². The summed E-state index contributed by atoms with van der Waals surface area (Å²) in [6.45, 7) is -0.831. The Hall–Kier alpha value is -3.69. The molecular weight excluding hydrogens is 484 g/mol. The van der Waals surface area contributed by atoms with E-state index in [1.54, 1.807) is 18.2 Å². The Kier molecular flexibility index (Phi) is 7.48. The molecule has 0 fully saturated rings. The first kappa shape index (κ1) is 24.4. The summed E-state index contributed by atoms with van der Waals surface area (Å²) in [6, 6.07) is 15.1. The Bertz CT molecular complexity index is 1250. The normalized spacial score (nSPS) is 15.2. The minimum absolute atomic E-state index is 0.137. The standard InChI is InChI=1S/C25H20ClF2NO6/c26-17-8-9-21(33-14-22(30)31)19(12-17)24-18-6-2-1-4-15(18)10-11-29(24)35-25(32)34-13-16-5-3-7-20(27)23(16)28/h1-9,12,24H,10-11,13-14H2,(H,30,31). The van der Waals surface area contributed by atoms with E-state index in [1.807, 2.05) is 24.3 Å². The van der Waals surface area contributed by atoms with Gasteiger partial charge in [0.25, 0.3) is 0 Å². The summed E-state index contributed by atoms with van der Waals surface area (Å²) in [5, 5.41) is 10.8. The topological polar surface area (TPSA) is 85.3 Å². The molecule has 35 heavy (non-hydrogen) atoms. The van der Waals surface area contributed by atoms with Crippen LogP contribution in [0.4, 0.5) is 13.6 Å². The summed E-state index contributed by atoms with van der Waals surface area (Å²) in [6.07, 6.45) is -0.572. The molecule has 1 N–H and O–H groups in total. The average molecular weight is 504 g/mol. The highest BCUT2D eigenvalue weighted by Crippen LogP contribution is 2.40. The number of carbonyl (C=O) groups excluding carboxylic acids is 1. The van der Waals surface area contributed by atoms with Crippen molar-refractivity contribution in [2.75, 3.05) is 13.2 Å². The third-order valence-electron chi connectivity index (χ3n) is 5.43. The van der Waals surface area contributed by atoms with Gasteiger partial charge >= 0.3 is 12.1 Å². The van der Waals surface area contributed by atoms with Gasteiger partial charge < -0.3 is 19.4 Å². The number of benzene rings is 3. The molecule has 3 aromatic carbocycles. The van der Waals surface area contributed by atoms with Gasteiger partial charge in [-0.1, -0.05) is 48.0 Å². The molecule has 0 aromatic heterocycles. The van der Waals surface area contributed by atoms with Gasteiger partial charge in [0.05, 0.1) is 6.04 Å². The fourth-order valence-corrected chi connectivity index (χ4v) is 4.07. The Morgan fingerprint density at radius 3 is 2.66 bits per heavy atom. The molecule has 1 heterocycles. The number of carboxylic acid groups (broad SMARTS) is 1. The van der Waals surface area contributed by atoms with Crippen LogP contribution in [0, 0.1) is 11.6 Å². The van der Waals surface area contributed by atoms with E-state index in [0.717, 1.165) is 17.2 Å². The summed E-state index contributed by atoms with van der Waals surface area (Å²) in [5.41, 5.74) is 2.14. The number of halogens is 3.